The van der Waals surface area contributed by atoms with Gasteiger partial charge in [-0.1, -0.05) is 42.1 Å². The van der Waals surface area contributed by atoms with Gasteiger partial charge in [-0.05, 0) is 67.6 Å². The monoisotopic (exact) mass is 510 g/mol. The molecule has 1 N–H and O–H groups in total. The van der Waals surface area contributed by atoms with Crippen LogP contribution in [0.4, 0.5) is 5.82 Å². The normalized spacial score (nSPS) is 17.4. The van der Waals surface area contributed by atoms with E-state index in [1.807, 2.05) is 20.4 Å². The van der Waals surface area contributed by atoms with Crippen LogP contribution in [0, 0.1) is 0 Å². The first-order valence-corrected chi connectivity index (χ1v) is 14.2. The summed E-state index contributed by atoms with van der Waals surface area (Å²) in [6.07, 6.45) is 6.96. The molecule has 186 valence electrons. The van der Waals surface area contributed by atoms with Gasteiger partial charge in [-0.3, -0.25) is 4.79 Å². The first-order valence-electron chi connectivity index (χ1n) is 12.1. The third kappa shape index (κ3) is 6.70. The van der Waals surface area contributed by atoms with Crippen molar-refractivity contribution in [2.45, 2.75) is 49.5 Å². The standard InChI is InChI=1S/C27H34N4O2S2/c1-28-13-11-24(25-8-5-15-35-25)33-18-19-6-4-7-21(16-19)20-9-10-23(32)22-17-29-27(34-3)30-26(22)31(2)14-12-20/h4-8,15-17,20,24,28H,9-14,18H2,1-3H3/t20?,24-/m0/s1. The van der Waals surface area contributed by atoms with Gasteiger partial charge in [-0.2, -0.15) is 0 Å². The number of rotatable bonds is 9. The Bertz CT molecular complexity index is 1110. The molecule has 1 unspecified atom stereocenters. The fourth-order valence-corrected chi connectivity index (χ4v) is 5.65. The molecule has 3 aromatic rings. The van der Waals surface area contributed by atoms with Crippen LogP contribution in [0.25, 0.3) is 0 Å². The summed E-state index contributed by atoms with van der Waals surface area (Å²) < 4.78 is 6.37. The molecule has 35 heavy (non-hydrogen) atoms. The van der Waals surface area contributed by atoms with Crippen LogP contribution in [0.2, 0.25) is 0 Å². The van der Waals surface area contributed by atoms with Crippen molar-refractivity contribution in [3.63, 3.8) is 0 Å². The molecule has 8 heteroatoms. The maximum Gasteiger partial charge on any atom is 0.189 e. The van der Waals surface area contributed by atoms with Crippen molar-refractivity contribution >= 4 is 34.7 Å². The van der Waals surface area contributed by atoms with E-state index < -0.39 is 0 Å². The lowest BCUT2D eigenvalue weighted by Gasteiger charge is -2.22. The predicted octanol–water partition coefficient (Wildman–Crippen LogP) is 5.71. The number of benzene rings is 1. The maximum atomic E-state index is 13.0. The Hall–Kier alpha value is -2.26. The second kappa shape index (κ2) is 12.6. The summed E-state index contributed by atoms with van der Waals surface area (Å²) in [6.45, 7) is 2.32. The van der Waals surface area contributed by atoms with Crippen LogP contribution >= 0.6 is 23.1 Å². The zero-order chi connectivity index (χ0) is 24.6. The van der Waals surface area contributed by atoms with E-state index in [0.29, 0.717) is 29.7 Å². The molecular weight excluding hydrogens is 476 g/mol. The molecule has 2 atom stereocenters. The number of aromatic nitrogens is 2. The van der Waals surface area contributed by atoms with Gasteiger partial charge in [0.15, 0.2) is 10.9 Å². The summed E-state index contributed by atoms with van der Waals surface area (Å²) in [5.74, 6) is 1.17. The Morgan fingerprint density at radius 2 is 2.17 bits per heavy atom. The van der Waals surface area contributed by atoms with Crippen molar-refractivity contribution in [3.05, 3.63) is 69.5 Å². The van der Waals surface area contributed by atoms with Gasteiger partial charge in [0.1, 0.15) is 5.82 Å². The molecule has 0 spiro atoms. The van der Waals surface area contributed by atoms with E-state index in [9.17, 15) is 4.79 Å². The second-order valence-electron chi connectivity index (χ2n) is 8.92. The number of Topliss-reactive ketones (excluding diaryl/α,β-unsaturated/α-hetero) is 1. The highest BCUT2D eigenvalue weighted by atomic mass is 32.2. The summed E-state index contributed by atoms with van der Waals surface area (Å²) in [5, 5.41) is 6.03. The summed E-state index contributed by atoms with van der Waals surface area (Å²) >= 11 is 3.24. The minimum atomic E-state index is 0.0908. The van der Waals surface area contributed by atoms with Crippen molar-refractivity contribution < 1.29 is 9.53 Å². The Kier molecular flexibility index (Phi) is 9.31. The number of ether oxygens (including phenoxy) is 1. The fourth-order valence-electron chi connectivity index (χ4n) is 4.51. The van der Waals surface area contributed by atoms with Crippen LogP contribution in [0.3, 0.4) is 0 Å². The minimum absolute atomic E-state index is 0.0908. The quantitative estimate of drug-likeness (QED) is 0.292. The van der Waals surface area contributed by atoms with Crippen LogP contribution in [-0.4, -0.2) is 49.2 Å². The number of thiophene rings is 1. The Morgan fingerprint density at radius 3 is 2.94 bits per heavy atom. The van der Waals surface area contributed by atoms with Crippen LogP contribution in [0.15, 0.2) is 53.1 Å². The van der Waals surface area contributed by atoms with Gasteiger partial charge in [-0.15, -0.1) is 11.3 Å². The van der Waals surface area contributed by atoms with Crippen LogP contribution in [0.1, 0.15) is 64.1 Å². The number of nitrogens with one attached hydrogen (secondary N) is 1. The van der Waals surface area contributed by atoms with E-state index in [1.54, 1.807) is 17.5 Å². The Labute approximate surface area is 216 Å². The van der Waals surface area contributed by atoms with E-state index in [1.165, 1.54) is 27.8 Å². The first kappa shape index (κ1) is 25.8. The molecule has 0 bridgehead atoms. The van der Waals surface area contributed by atoms with Crippen LogP contribution < -0.4 is 10.2 Å². The topological polar surface area (TPSA) is 67.3 Å². The summed E-state index contributed by atoms with van der Waals surface area (Å²) in [5.41, 5.74) is 3.08. The van der Waals surface area contributed by atoms with Gasteiger partial charge >= 0.3 is 0 Å². The summed E-state index contributed by atoms with van der Waals surface area (Å²) in [4.78, 5) is 25.4. The van der Waals surface area contributed by atoms with Crippen molar-refractivity contribution in [2.24, 2.45) is 0 Å². The average Bonchev–Trinajstić information content (AvgIpc) is 3.44. The zero-order valence-electron chi connectivity index (χ0n) is 20.7. The number of ketones is 1. The molecule has 1 aromatic carbocycles. The van der Waals surface area contributed by atoms with E-state index in [4.69, 9.17) is 4.74 Å². The first-order chi connectivity index (χ1) is 17.1. The van der Waals surface area contributed by atoms with Crippen molar-refractivity contribution in [1.82, 2.24) is 15.3 Å². The lowest BCUT2D eigenvalue weighted by molar-refractivity contribution is 0.0367. The number of thioether (sulfide) groups is 1. The SMILES string of the molecule is CNCC[C@H](OCc1cccc(C2CCC(=O)c3cnc(SC)nc3N(C)CC2)c1)c1cccs1. The predicted molar refractivity (Wildman–Crippen MR) is 145 cm³/mol. The number of anilines is 1. The number of fused-ring (bicyclic) bond motifs is 1. The van der Waals surface area contributed by atoms with Crippen LogP contribution in [-0.2, 0) is 11.3 Å². The summed E-state index contributed by atoms with van der Waals surface area (Å²) in [7, 11) is 3.99. The van der Waals surface area contributed by atoms with E-state index in [-0.39, 0.29) is 11.9 Å². The average molecular weight is 511 g/mol. The lowest BCUT2D eigenvalue weighted by atomic mass is 9.89. The van der Waals surface area contributed by atoms with Gasteiger partial charge in [0.2, 0.25) is 0 Å². The molecule has 2 aromatic heterocycles. The number of nitrogens with zero attached hydrogens (tertiary/aromatic N) is 3. The third-order valence-electron chi connectivity index (χ3n) is 6.51. The van der Waals surface area contributed by atoms with Gasteiger partial charge in [0, 0.05) is 31.1 Å². The highest BCUT2D eigenvalue weighted by Crippen LogP contribution is 2.32. The molecule has 4 rings (SSSR count). The zero-order valence-corrected chi connectivity index (χ0v) is 22.3. The smallest absolute Gasteiger partial charge is 0.189 e. The number of carbonyl (C=O) groups is 1. The molecule has 1 aliphatic heterocycles. The fraction of sp³-hybridized carbons (Fsp3) is 0.444. The van der Waals surface area contributed by atoms with Gasteiger partial charge in [0.25, 0.3) is 0 Å². The van der Waals surface area contributed by atoms with Crippen molar-refractivity contribution in [3.8, 4) is 0 Å². The third-order valence-corrected chi connectivity index (χ3v) is 8.04. The van der Waals surface area contributed by atoms with Crippen LogP contribution in [0.5, 0.6) is 0 Å². The largest absolute Gasteiger partial charge is 0.368 e. The number of carbonyl (C=O) groups excluding carboxylic acids is 1. The molecule has 0 amide bonds. The highest BCUT2D eigenvalue weighted by molar-refractivity contribution is 7.98. The van der Waals surface area contributed by atoms with Gasteiger partial charge in [-0.25, -0.2) is 9.97 Å². The highest BCUT2D eigenvalue weighted by Gasteiger charge is 2.24. The van der Waals surface area contributed by atoms with Crippen molar-refractivity contribution in [2.75, 3.05) is 38.3 Å². The second-order valence-corrected chi connectivity index (χ2v) is 10.7. The lowest BCUT2D eigenvalue weighted by Crippen LogP contribution is -2.23. The van der Waals surface area contributed by atoms with E-state index >= 15 is 0 Å². The number of hydrogen-bond acceptors (Lipinski definition) is 8. The summed E-state index contributed by atoms with van der Waals surface area (Å²) in [6, 6.07) is 12.9. The van der Waals surface area contributed by atoms with E-state index in [2.05, 4.69) is 62.0 Å². The van der Waals surface area contributed by atoms with Gasteiger partial charge < -0.3 is 15.0 Å². The molecule has 0 saturated heterocycles. The van der Waals surface area contributed by atoms with E-state index in [0.717, 1.165) is 38.2 Å². The van der Waals surface area contributed by atoms with Crippen molar-refractivity contribution in [1.29, 1.82) is 0 Å². The molecule has 1 aliphatic rings. The molecule has 0 aliphatic carbocycles. The minimum Gasteiger partial charge on any atom is -0.368 e. The molecule has 0 fully saturated rings. The molecular formula is C27H34N4O2S2. The molecule has 6 nitrogen and oxygen atoms in total. The number of hydrogen-bond donors (Lipinski definition) is 1. The molecule has 0 saturated carbocycles. The molecule has 0 radical (unpaired) electrons. The van der Waals surface area contributed by atoms with Gasteiger partial charge in [0.05, 0.1) is 18.3 Å². The molecule has 3 heterocycles. The maximum absolute atomic E-state index is 13.0. The Balaban J connectivity index is 1.46. The Morgan fingerprint density at radius 1 is 1.29 bits per heavy atom.